The number of hydrogen-bond acceptors (Lipinski definition) is 2. The number of amides is 1. The standard InChI is InChI=1S/C14H19F3N2O/c1-5-13(2,3)19-12(20)10-8-9(14(15,16)17)6-7-11(10)18-4/h6-8,18H,5H2,1-4H3,(H,19,20). The summed E-state index contributed by atoms with van der Waals surface area (Å²) in [5, 5.41) is 5.46. The van der Waals surface area contributed by atoms with E-state index in [9.17, 15) is 18.0 Å². The maximum Gasteiger partial charge on any atom is 0.416 e. The number of halogens is 3. The molecule has 0 fully saturated rings. The smallest absolute Gasteiger partial charge is 0.387 e. The van der Waals surface area contributed by atoms with Crippen molar-refractivity contribution < 1.29 is 18.0 Å². The van der Waals surface area contributed by atoms with Gasteiger partial charge in [-0.25, -0.2) is 0 Å². The molecule has 0 aliphatic heterocycles. The van der Waals surface area contributed by atoms with Crippen LogP contribution < -0.4 is 10.6 Å². The minimum absolute atomic E-state index is 0.0103. The Labute approximate surface area is 116 Å². The fraction of sp³-hybridized carbons (Fsp3) is 0.500. The fourth-order valence-electron chi connectivity index (χ4n) is 1.59. The van der Waals surface area contributed by atoms with E-state index < -0.39 is 23.2 Å². The first-order valence-corrected chi connectivity index (χ1v) is 6.32. The minimum atomic E-state index is -4.47. The maximum atomic E-state index is 12.7. The number of hydrogen-bond donors (Lipinski definition) is 2. The van der Waals surface area contributed by atoms with Crippen molar-refractivity contribution in [1.29, 1.82) is 0 Å². The molecule has 2 N–H and O–H groups in total. The van der Waals surface area contributed by atoms with Crippen LogP contribution in [0.1, 0.15) is 43.1 Å². The molecule has 1 aromatic rings. The number of rotatable bonds is 4. The quantitative estimate of drug-likeness (QED) is 0.887. The lowest BCUT2D eigenvalue weighted by atomic mass is 10.0. The molecule has 20 heavy (non-hydrogen) atoms. The van der Waals surface area contributed by atoms with Crippen molar-refractivity contribution >= 4 is 11.6 Å². The normalized spacial score (nSPS) is 12.2. The predicted octanol–water partition coefficient (Wildman–Crippen LogP) is 3.67. The van der Waals surface area contributed by atoms with E-state index in [1.807, 2.05) is 20.8 Å². The molecule has 0 saturated heterocycles. The van der Waals surface area contributed by atoms with E-state index in [1.165, 1.54) is 6.07 Å². The van der Waals surface area contributed by atoms with E-state index >= 15 is 0 Å². The van der Waals surface area contributed by atoms with Crippen LogP contribution in [0.5, 0.6) is 0 Å². The fourth-order valence-corrected chi connectivity index (χ4v) is 1.59. The second kappa shape index (κ2) is 5.73. The Bertz CT molecular complexity index is 496. The van der Waals surface area contributed by atoms with E-state index in [0.717, 1.165) is 12.1 Å². The van der Waals surface area contributed by atoms with E-state index in [-0.39, 0.29) is 5.56 Å². The van der Waals surface area contributed by atoms with Crippen molar-refractivity contribution in [2.75, 3.05) is 12.4 Å². The molecule has 0 aliphatic carbocycles. The Morgan fingerprint density at radius 2 is 1.85 bits per heavy atom. The highest BCUT2D eigenvalue weighted by atomic mass is 19.4. The summed E-state index contributed by atoms with van der Waals surface area (Å²) in [5.41, 5.74) is -0.960. The van der Waals surface area contributed by atoms with Crippen LogP contribution in [0.3, 0.4) is 0 Å². The summed E-state index contributed by atoms with van der Waals surface area (Å²) in [6.45, 7) is 5.53. The summed E-state index contributed by atoms with van der Waals surface area (Å²) in [6.07, 6.45) is -3.80. The summed E-state index contributed by atoms with van der Waals surface area (Å²) in [6, 6.07) is 3.08. The van der Waals surface area contributed by atoms with Crippen molar-refractivity contribution in [3.63, 3.8) is 0 Å². The Balaban J connectivity index is 3.18. The topological polar surface area (TPSA) is 41.1 Å². The van der Waals surface area contributed by atoms with Gasteiger partial charge in [0.15, 0.2) is 0 Å². The predicted molar refractivity (Wildman–Crippen MR) is 72.8 cm³/mol. The van der Waals surface area contributed by atoms with Crippen LogP contribution in [0.15, 0.2) is 18.2 Å². The van der Waals surface area contributed by atoms with Crippen LogP contribution in [-0.4, -0.2) is 18.5 Å². The molecular weight excluding hydrogens is 269 g/mol. The third-order valence-corrected chi connectivity index (χ3v) is 3.20. The number of carbonyl (C=O) groups excluding carboxylic acids is 1. The van der Waals surface area contributed by atoms with Gasteiger partial charge < -0.3 is 10.6 Å². The largest absolute Gasteiger partial charge is 0.416 e. The molecule has 1 aromatic carbocycles. The zero-order chi connectivity index (χ0) is 15.6. The molecule has 0 saturated carbocycles. The van der Waals surface area contributed by atoms with Crippen LogP contribution in [0.2, 0.25) is 0 Å². The summed E-state index contributed by atoms with van der Waals surface area (Å²) in [5.74, 6) is -0.521. The molecule has 0 spiro atoms. The van der Waals surface area contributed by atoms with Gasteiger partial charge in [0.25, 0.3) is 5.91 Å². The number of anilines is 1. The second-order valence-electron chi connectivity index (χ2n) is 5.20. The summed E-state index contributed by atoms with van der Waals surface area (Å²) < 4.78 is 38.2. The van der Waals surface area contributed by atoms with Gasteiger partial charge in [-0.15, -0.1) is 0 Å². The van der Waals surface area contributed by atoms with Crippen LogP contribution in [-0.2, 0) is 6.18 Å². The van der Waals surface area contributed by atoms with Crippen LogP contribution in [0, 0.1) is 0 Å². The zero-order valence-electron chi connectivity index (χ0n) is 12.0. The lowest BCUT2D eigenvalue weighted by Gasteiger charge is -2.25. The van der Waals surface area contributed by atoms with Crippen molar-refractivity contribution in [3.05, 3.63) is 29.3 Å². The number of carbonyl (C=O) groups is 1. The monoisotopic (exact) mass is 288 g/mol. The molecule has 0 bridgehead atoms. The first-order chi connectivity index (χ1) is 9.10. The van der Waals surface area contributed by atoms with Gasteiger partial charge in [-0.1, -0.05) is 6.92 Å². The van der Waals surface area contributed by atoms with Gasteiger partial charge in [-0.3, -0.25) is 4.79 Å². The van der Waals surface area contributed by atoms with Gasteiger partial charge in [-0.2, -0.15) is 13.2 Å². The van der Waals surface area contributed by atoms with Crippen molar-refractivity contribution in [2.45, 2.75) is 38.9 Å². The highest BCUT2D eigenvalue weighted by Crippen LogP contribution is 2.32. The molecule has 3 nitrogen and oxygen atoms in total. The summed E-state index contributed by atoms with van der Waals surface area (Å²) >= 11 is 0. The lowest BCUT2D eigenvalue weighted by Crippen LogP contribution is -2.43. The molecule has 0 aliphatic rings. The Kier molecular flexibility index (Phi) is 4.68. The zero-order valence-corrected chi connectivity index (χ0v) is 12.0. The Hall–Kier alpha value is -1.72. The SMILES string of the molecule is CCC(C)(C)NC(=O)c1cc(C(F)(F)F)ccc1NC. The highest BCUT2D eigenvalue weighted by Gasteiger charge is 2.32. The van der Waals surface area contributed by atoms with E-state index in [1.54, 1.807) is 7.05 Å². The number of alkyl halides is 3. The molecule has 0 radical (unpaired) electrons. The minimum Gasteiger partial charge on any atom is -0.387 e. The highest BCUT2D eigenvalue weighted by molar-refractivity contribution is 6.00. The number of nitrogens with one attached hydrogen (secondary N) is 2. The van der Waals surface area contributed by atoms with Crippen LogP contribution >= 0.6 is 0 Å². The molecule has 112 valence electrons. The lowest BCUT2D eigenvalue weighted by molar-refractivity contribution is -0.137. The molecular formula is C14H19F3N2O. The first kappa shape index (κ1) is 16.3. The van der Waals surface area contributed by atoms with Crippen LogP contribution in [0.4, 0.5) is 18.9 Å². The maximum absolute atomic E-state index is 12.7. The second-order valence-corrected chi connectivity index (χ2v) is 5.20. The average Bonchev–Trinajstić information content (AvgIpc) is 2.36. The Morgan fingerprint density at radius 1 is 1.25 bits per heavy atom. The van der Waals surface area contributed by atoms with Crippen molar-refractivity contribution in [3.8, 4) is 0 Å². The van der Waals surface area contributed by atoms with Gasteiger partial charge in [-0.05, 0) is 38.5 Å². The molecule has 0 heterocycles. The summed E-state index contributed by atoms with van der Waals surface area (Å²) in [4.78, 5) is 12.2. The van der Waals surface area contributed by atoms with Gasteiger partial charge in [0.05, 0.1) is 11.1 Å². The first-order valence-electron chi connectivity index (χ1n) is 6.32. The average molecular weight is 288 g/mol. The third-order valence-electron chi connectivity index (χ3n) is 3.20. The molecule has 1 rings (SSSR count). The van der Waals surface area contributed by atoms with E-state index in [4.69, 9.17) is 0 Å². The Morgan fingerprint density at radius 3 is 2.30 bits per heavy atom. The molecule has 6 heteroatoms. The van der Waals surface area contributed by atoms with Crippen molar-refractivity contribution in [2.24, 2.45) is 0 Å². The van der Waals surface area contributed by atoms with E-state index in [2.05, 4.69) is 10.6 Å². The molecule has 1 amide bonds. The third kappa shape index (κ3) is 3.88. The number of benzene rings is 1. The van der Waals surface area contributed by atoms with Gasteiger partial charge >= 0.3 is 6.18 Å². The van der Waals surface area contributed by atoms with Gasteiger partial charge in [0, 0.05) is 18.3 Å². The van der Waals surface area contributed by atoms with Crippen LogP contribution in [0.25, 0.3) is 0 Å². The van der Waals surface area contributed by atoms with Crippen molar-refractivity contribution in [1.82, 2.24) is 5.32 Å². The van der Waals surface area contributed by atoms with Gasteiger partial charge in [0.1, 0.15) is 0 Å². The van der Waals surface area contributed by atoms with E-state index in [0.29, 0.717) is 12.1 Å². The molecule has 0 unspecified atom stereocenters. The van der Waals surface area contributed by atoms with Gasteiger partial charge in [0.2, 0.25) is 0 Å². The molecule has 0 aromatic heterocycles. The molecule has 0 atom stereocenters. The summed E-state index contributed by atoms with van der Waals surface area (Å²) in [7, 11) is 1.56.